The Kier molecular flexibility index (Phi) is 17.7. The Hall–Kier alpha value is 0.120. The average molecular weight is 341 g/mol. The predicted molar refractivity (Wildman–Crippen MR) is 82.9 cm³/mol. The van der Waals surface area contributed by atoms with E-state index in [0.717, 1.165) is 24.7 Å². The van der Waals surface area contributed by atoms with E-state index in [4.69, 9.17) is 0 Å². The first kappa shape index (κ1) is 24.4. The van der Waals surface area contributed by atoms with Crippen LogP contribution < -0.4 is 39.4 Å². The molecule has 0 fully saturated rings. The molecule has 0 radical (unpaired) electrons. The van der Waals surface area contributed by atoms with Gasteiger partial charge in [-0.25, -0.2) is 13.1 Å². The minimum atomic E-state index is -3.51. The third kappa shape index (κ3) is 18.2. The topological polar surface area (TPSA) is 86.3 Å². The van der Waals surface area contributed by atoms with Crippen molar-refractivity contribution in [3.8, 4) is 0 Å². The number of carbonyl (C=O) groups excluding carboxylic acids is 1. The van der Waals surface area contributed by atoms with E-state index < -0.39 is 16.0 Å². The maximum Gasteiger partial charge on any atom is 1.00 e. The first-order valence-electron chi connectivity index (χ1n) is 7.84. The Morgan fingerprint density at radius 3 is 2.14 bits per heavy atom. The summed E-state index contributed by atoms with van der Waals surface area (Å²) in [5.41, 5.74) is 0. The summed E-state index contributed by atoms with van der Waals surface area (Å²) in [7, 11) is -3.51. The van der Waals surface area contributed by atoms with Gasteiger partial charge in [-0.05, 0) is 12.8 Å². The number of hydrogen-bond donors (Lipinski definition) is 1. The maximum absolute atomic E-state index is 11.4. The molecule has 0 spiro atoms. The van der Waals surface area contributed by atoms with E-state index in [2.05, 4.69) is 11.6 Å². The molecular weight excluding hydrogens is 313 g/mol. The van der Waals surface area contributed by atoms with Gasteiger partial charge in [-0.2, -0.15) is 0 Å². The van der Waals surface area contributed by atoms with Crippen molar-refractivity contribution in [1.29, 1.82) is 0 Å². The molecule has 0 amide bonds. The molecule has 5 nitrogen and oxygen atoms in total. The van der Waals surface area contributed by atoms with Crippen LogP contribution >= 0.6 is 0 Å². The molecule has 22 heavy (non-hydrogen) atoms. The molecule has 0 bridgehead atoms. The Labute approximate surface area is 157 Å². The number of rotatable bonds is 14. The van der Waals surface area contributed by atoms with Crippen molar-refractivity contribution < 1.29 is 47.9 Å². The van der Waals surface area contributed by atoms with Crippen LogP contribution in [0.5, 0.6) is 0 Å². The number of aliphatic carboxylic acids is 1. The summed E-state index contributed by atoms with van der Waals surface area (Å²) < 4.78 is 25.1. The molecule has 0 aromatic heterocycles. The summed E-state index contributed by atoms with van der Waals surface area (Å²) in [6.07, 6.45) is 11.8. The molecule has 7 heteroatoms. The molecule has 0 aliphatic carbocycles. The Bertz CT molecular complexity index is 396. The van der Waals surface area contributed by atoms with Crippen LogP contribution in [0.1, 0.15) is 71.1 Å². The zero-order valence-electron chi connectivity index (χ0n) is 14.0. The van der Waals surface area contributed by atoms with E-state index in [0.29, 0.717) is 0 Å². The van der Waals surface area contributed by atoms with Crippen LogP contribution in [0.25, 0.3) is 0 Å². The molecule has 0 rings (SSSR count). The molecule has 0 aliphatic heterocycles. The van der Waals surface area contributed by atoms with Crippen LogP contribution in [0.2, 0.25) is 0 Å². The van der Waals surface area contributed by atoms with Gasteiger partial charge in [0.15, 0.2) is 0 Å². The molecular formula is C15H28NNaO4S. The number of sulfonamides is 1. The number of carbonyl (C=O) groups is 1. The normalized spacial score (nSPS) is 11.5. The smallest absolute Gasteiger partial charge is 0.550 e. The molecule has 0 aromatic carbocycles. The summed E-state index contributed by atoms with van der Waals surface area (Å²) in [6, 6.07) is 0. The average Bonchev–Trinajstić information content (AvgIpc) is 2.40. The minimum absolute atomic E-state index is 0. The zero-order chi connectivity index (χ0) is 16.0. The zero-order valence-corrected chi connectivity index (χ0v) is 16.8. The second-order valence-electron chi connectivity index (χ2n) is 5.20. The molecule has 0 aliphatic rings. The third-order valence-electron chi connectivity index (χ3n) is 3.13. The standard InChI is InChI=1S/C15H29NO4S.Na/c1-2-3-4-5-6-7-8-9-10-11-14-21(19,20)16-13-12-15(17)18;/h11,14,16H,2-10,12-13H2,1H3,(H,17,18);/q;+1/p-1/b14-11+;. The Morgan fingerprint density at radius 1 is 1.05 bits per heavy atom. The van der Waals surface area contributed by atoms with Gasteiger partial charge in [-0.1, -0.05) is 57.9 Å². The number of carboxylic acids is 1. The van der Waals surface area contributed by atoms with Crippen molar-refractivity contribution in [2.45, 2.75) is 71.1 Å². The number of hydrogen-bond acceptors (Lipinski definition) is 4. The molecule has 0 aromatic rings. The summed E-state index contributed by atoms with van der Waals surface area (Å²) >= 11 is 0. The molecule has 0 atom stereocenters. The van der Waals surface area contributed by atoms with Gasteiger partial charge < -0.3 is 9.90 Å². The number of carboxylic acid groups (broad SMARTS) is 1. The van der Waals surface area contributed by atoms with E-state index in [-0.39, 0.29) is 42.5 Å². The summed E-state index contributed by atoms with van der Waals surface area (Å²) in [5.74, 6) is -1.26. The van der Waals surface area contributed by atoms with Crippen molar-refractivity contribution in [3.63, 3.8) is 0 Å². The van der Waals surface area contributed by atoms with Crippen molar-refractivity contribution in [2.24, 2.45) is 0 Å². The molecule has 0 unspecified atom stereocenters. The van der Waals surface area contributed by atoms with Crippen LogP contribution in [0.3, 0.4) is 0 Å². The van der Waals surface area contributed by atoms with Gasteiger partial charge in [0.05, 0.1) is 0 Å². The summed E-state index contributed by atoms with van der Waals surface area (Å²) in [6.45, 7) is 2.07. The fourth-order valence-corrected chi connectivity index (χ4v) is 2.81. The maximum atomic E-state index is 11.4. The van der Waals surface area contributed by atoms with E-state index >= 15 is 0 Å². The first-order valence-corrected chi connectivity index (χ1v) is 9.38. The number of unbranched alkanes of at least 4 members (excludes halogenated alkanes) is 8. The quantitative estimate of drug-likeness (QED) is 0.327. The Morgan fingerprint density at radius 2 is 1.59 bits per heavy atom. The van der Waals surface area contributed by atoms with Gasteiger partial charge in [0.1, 0.15) is 0 Å². The van der Waals surface area contributed by atoms with Crippen molar-refractivity contribution in [3.05, 3.63) is 11.5 Å². The van der Waals surface area contributed by atoms with E-state index in [9.17, 15) is 18.3 Å². The van der Waals surface area contributed by atoms with Gasteiger partial charge >= 0.3 is 29.6 Å². The molecule has 124 valence electrons. The van der Waals surface area contributed by atoms with Crippen LogP contribution in [0.15, 0.2) is 11.5 Å². The van der Waals surface area contributed by atoms with Gasteiger partial charge in [0, 0.05) is 24.3 Å². The molecule has 0 saturated carbocycles. The first-order chi connectivity index (χ1) is 9.98. The van der Waals surface area contributed by atoms with Crippen molar-refractivity contribution in [1.82, 2.24) is 4.72 Å². The number of allylic oxidation sites excluding steroid dienone is 1. The summed E-state index contributed by atoms with van der Waals surface area (Å²) in [5, 5.41) is 11.3. The van der Waals surface area contributed by atoms with Crippen molar-refractivity contribution >= 4 is 16.0 Å². The van der Waals surface area contributed by atoms with Gasteiger partial charge in [0.2, 0.25) is 10.0 Å². The van der Waals surface area contributed by atoms with Crippen LogP contribution in [0, 0.1) is 0 Å². The van der Waals surface area contributed by atoms with Gasteiger partial charge in [-0.3, -0.25) is 0 Å². The Balaban J connectivity index is 0. The number of nitrogens with one attached hydrogen (secondary N) is 1. The summed E-state index contributed by atoms with van der Waals surface area (Å²) in [4.78, 5) is 10.2. The SMILES string of the molecule is CCCCCCCCCC/C=C/S(=O)(=O)NCCC(=O)[O-].[Na+]. The minimum Gasteiger partial charge on any atom is -0.550 e. The second-order valence-corrected chi connectivity index (χ2v) is 6.85. The van der Waals surface area contributed by atoms with E-state index in [1.165, 1.54) is 38.5 Å². The van der Waals surface area contributed by atoms with E-state index in [1.807, 2.05) is 0 Å². The fourth-order valence-electron chi connectivity index (χ4n) is 1.93. The molecule has 1 N–H and O–H groups in total. The second kappa shape index (κ2) is 16.0. The monoisotopic (exact) mass is 341 g/mol. The fraction of sp³-hybridized carbons (Fsp3) is 0.800. The van der Waals surface area contributed by atoms with Crippen LogP contribution in [0.4, 0.5) is 0 Å². The van der Waals surface area contributed by atoms with E-state index in [1.54, 1.807) is 6.08 Å². The van der Waals surface area contributed by atoms with Crippen LogP contribution in [-0.4, -0.2) is 20.9 Å². The predicted octanol–water partition coefficient (Wildman–Crippen LogP) is -0.906. The van der Waals surface area contributed by atoms with Crippen molar-refractivity contribution in [2.75, 3.05) is 6.54 Å². The molecule has 0 heterocycles. The third-order valence-corrected chi connectivity index (χ3v) is 4.29. The van der Waals surface area contributed by atoms with Gasteiger partial charge in [0.25, 0.3) is 0 Å². The molecule has 0 saturated heterocycles. The largest absolute Gasteiger partial charge is 1.00 e. The van der Waals surface area contributed by atoms with Crippen LogP contribution in [-0.2, 0) is 14.8 Å². The van der Waals surface area contributed by atoms with Gasteiger partial charge in [-0.15, -0.1) is 0 Å².